The third-order valence-corrected chi connectivity index (χ3v) is 3.94. The average Bonchev–Trinajstić information content (AvgIpc) is 3.26. The van der Waals surface area contributed by atoms with E-state index in [1.165, 1.54) is 7.11 Å². The van der Waals surface area contributed by atoms with E-state index in [-0.39, 0.29) is 6.61 Å². The molecule has 4 atom stereocenters. The van der Waals surface area contributed by atoms with Gasteiger partial charge in [-0.3, -0.25) is 14.9 Å². The maximum atomic E-state index is 11.8. The summed E-state index contributed by atoms with van der Waals surface area (Å²) in [6, 6.07) is 5.29. The number of benzene rings is 1. The van der Waals surface area contributed by atoms with Gasteiger partial charge in [-0.15, -0.1) is 0 Å². The molecule has 0 saturated heterocycles. The van der Waals surface area contributed by atoms with Crippen molar-refractivity contribution in [2.45, 2.75) is 6.04 Å². The van der Waals surface area contributed by atoms with Crippen LogP contribution in [-0.4, -0.2) is 48.0 Å². The third-order valence-electron chi connectivity index (χ3n) is 3.94. The largest absolute Gasteiger partial charge is 0.497 e. The van der Waals surface area contributed by atoms with Gasteiger partial charge in [0.25, 0.3) is 0 Å². The molecule has 4 unspecified atom stereocenters. The molecule has 1 aromatic carbocycles. The summed E-state index contributed by atoms with van der Waals surface area (Å²) in [6.45, 7) is -0.224. The maximum Gasteiger partial charge on any atom is 0.411 e. The molecule has 5 N–H and O–H groups in total. The predicted octanol–water partition coefficient (Wildman–Crippen LogP) is 0.602. The van der Waals surface area contributed by atoms with Crippen molar-refractivity contribution in [3.05, 3.63) is 24.3 Å². The zero-order valence-corrected chi connectivity index (χ0v) is 12.8. The molecule has 1 saturated carbocycles. The van der Waals surface area contributed by atoms with E-state index in [4.69, 9.17) is 25.4 Å². The molecule has 9 nitrogen and oxygen atoms in total. The zero-order chi connectivity index (χ0) is 17.9. The normalized spacial score (nSPS) is 23.0. The standard InChI is InChI=1S/C15H18N2O7/c1-23-8-4-2-3-7(5-8)17-15(22)24-6-9-10(11(9)13(18)19)12(16)14(20)21/h2-5,9-12H,6,16H2,1H3,(H,17,22)(H,18,19)(H,20,21). The fraction of sp³-hybridized carbons (Fsp3) is 0.400. The summed E-state index contributed by atoms with van der Waals surface area (Å²) in [5.74, 6) is -4.20. The Morgan fingerprint density at radius 2 is 2.04 bits per heavy atom. The molecule has 0 bridgehead atoms. The predicted molar refractivity (Wildman–Crippen MR) is 81.7 cm³/mol. The molecule has 0 aliphatic heterocycles. The summed E-state index contributed by atoms with van der Waals surface area (Å²) >= 11 is 0. The van der Waals surface area contributed by atoms with Crippen molar-refractivity contribution in [3.8, 4) is 5.75 Å². The summed E-state index contributed by atoms with van der Waals surface area (Å²) in [7, 11) is 1.49. The number of nitrogens with one attached hydrogen (secondary N) is 1. The lowest BCUT2D eigenvalue weighted by atomic mass is 10.1. The van der Waals surface area contributed by atoms with Crippen molar-refractivity contribution in [3.63, 3.8) is 0 Å². The number of aliphatic carboxylic acids is 2. The van der Waals surface area contributed by atoms with Crippen LogP contribution >= 0.6 is 0 Å². The van der Waals surface area contributed by atoms with Crippen molar-refractivity contribution in [1.29, 1.82) is 0 Å². The molecule has 1 amide bonds. The Kier molecular flexibility index (Phi) is 5.24. The molecule has 0 spiro atoms. The van der Waals surface area contributed by atoms with Crippen LogP contribution in [0.2, 0.25) is 0 Å². The Hall–Kier alpha value is -2.81. The van der Waals surface area contributed by atoms with Gasteiger partial charge < -0.3 is 25.4 Å². The van der Waals surface area contributed by atoms with E-state index in [0.29, 0.717) is 11.4 Å². The Morgan fingerprint density at radius 1 is 1.33 bits per heavy atom. The Bertz CT molecular complexity index is 648. The second-order valence-electron chi connectivity index (χ2n) is 5.42. The fourth-order valence-corrected chi connectivity index (χ4v) is 2.64. The van der Waals surface area contributed by atoms with Crippen LogP contribution in [0.15, 0.2) is 24.3 Å². The first-order valence-corrected chi connectivity index (χ1v) is 7.14. The first-order chi connectivity index (χ1) is 11.3. The second kappa shape index (κ2) is 7.18. The van der Waals surface area contributed by atoms with Crippen molar-refractivity contribution in [1.82, 2.24) is 0 Å². The smallest absolute Gasteiger partial charge is 0.411 e. The minimum atomic E-state index is -1.30. The number of hydrogen-bond donors (Lipinski definition) is 4. The molecular formula is C15H18N2O7. The molecule has 1 fully saturated rings. The van der Waals surface area contributed by atoms with E-state index in [9.17, 15) is 14.4 Å². The summed E-state index contributed by atoms with van der Waals surface area (Å²) in [5, 5.41) is 20.4. The number of nitrogens with two attached hydrogens (primary N) is 1. The van der Waals surface area contributed by atoms with Crippen LogP contribution in [0.1, 0.15) is 0 Å². The number of ether oxygens (including phenoxy) is 2. The van der Waals surface area contributed by atoms with Crippen molar-refractivity contribution in [2.24, 2.45) is 23.5 Å². The highest BCUT2D eigenvalue weighted by Gasteiger charge is 2.60. The minimum absolute atomic E-state index is 0.224. The first kappa shape index (κ1) is 17.5. The number of carboxylic acid groups (broad SMARTS) is 2. The number of amides is 1. The van der Waals surface area contributed by atoms with Crippen molar-refractivity contribution >= 4 is 23.7 Å². The van der Waals surface area contributed by atoms with Gasteiger partial charge in [-0.25, -0.2) is 4.79 Å². The van der Waals surface area contributed by atoms with Crippen LogP contribution in [0.25, 0.3) is 0 Å². The number of methoxy groups -OCH3 is 1. The van der Waals surface area contributed by atoms with Gasteiger partial charge >= 0.3 is 18.0 Å². The Labute approximate surface area is 137 Å². The van der Waals surface area contributed by atoms with E-state index in [0.717, 1.165) is 0 Å². The van der Waals surface area contributed by atoms with Gasteiger partial charge in [0.15, 0.2) is 0 Å². The number of anilines is 1. The molecule has 1 aliphatic rings. The molecule has 0 heterocycles. The summed E-state index contributed by atoms with van der Waals surface area (Å²) in [6.07, 6.45) is -0.776. The highest BCUT2D eigenvalue weighted by atomic mass is 16.5. The highest BCUT2D eigenvalue weighted by molar-refractivity contribution is 5.85. The molecule has 24 heavy (non-hydrogen) atoms. The number of hydrogen-bond acceptors (Lipinski definition) is 6. The lowest BCUT2D eigenvalue weighted by Crippen LogP contribution is -2.34. The summed E-state index contributed by atoms with van der Waals surface area (Å²) in [4.78, 5) is 33.7. The van der Waals surface area contributed by atoms with E-state index in [1.54, 1.807) is 24.3 Å². The van der Waals surface area contributed by atoms with Crippen LogP contribution in [0.3, 0.4) is 0 Å². The van der Waals surface area contributed by atoms with E-state index < -0.39 is 41.8 Å². The molecule has 0 radical (unpaired) electrons. The topological polar surface area (TPSA) is 148 Å². The minimum Gasteiger partial charge on any atom is -0.497 e. The van der Waals surface area contributed by atoms with E-state index >= 15 is 0 Å². The average molecular weight is 338 g/mol. The first-order valence-electron chi connectivity index (χ1n) is 7.14. The monoisotopic (exact) mass is 338 g/mol. The van der Waals surface area contributed by atoms with Gasteiger partial charge in [-0.2, -0.15) is 0 Å². The number of carboxylic acids is 2. The Morgan fingerprint density at radius 3 is 2.62 bits per heavy atom. The molecule has 1 aromatic rings. The van der Waals surface area contributed by atoms with Crippen LogP contribution < -0.4 is 15.8 Å². The van der Waals surface area contributed by atoms with Crippen molar-refractivity contribution in [2.75, 3.05) is 19.0 Å². The van der Waals surface area contributed by atoms with Crippen LogP contribution in [-0.2, 0) is 14.3 Å². The molecule has 2 rings (SSSR count). The summed E-state index contributed by atoms with van der Waals surface area (Å²) < 4.78 is 10.0. The van der Waals surface area contributed by atoms with Gasteiger partial charge in [0.05, 0.1) is 19.6 Å². The third kappa shape index (κ3) is 3.93. The molecule has 9 heteroatoms. The summed E-state index contributed by atoms with van der Waals surface area (Å²) in [5.41, 5.74) is 5.92. The second-order valence-corrected chi connectivity index (χ2v) is 5.42. The van der Waals surface area contributed by atoms with Crippen LogP contribution in [0.5, 0.6) is 5.75 Å². The van der Waals surface area contributed by atoms with Crippen LogP contribution in [0.4, 0.5) is 10.5 Å². The lowest BCUT2D eigenvalue weighted by molar-refractivity contribution is -0.140. The lowest BCUT2D eigenvalue weighted by Gasteiger charge is -2.08. The van der Waals surface area contributed by atoms with Crippen LogP contribution in [0, 0.1) is 17.8 Å². The maximum absolute atomic E-state index is 11.8. The molecular weight excluding hydrogens is 320 g/mol. The number of carbonyl (C=O) groups is 3. The van der Waals surface area contributed by atoms with E-state index in [2.05, 4.69) is 5.32 Å². The fourth-order valence-electron chi connectivity index (χ4n) is 2.64. The number of carbonyl (C=O) groups excluding carboxylic acids is 1. The molecule has 0 aromatic heterocycles. The molecule has 1 aliphatic carbocycles. The SMILES string of the molecule is COc1cccc(NC(=O)OCC2C(C(=O)O)C2C(N)C(=O)O)c1. The van der Waals surface area contributed by atoms with Gasteiger partial charge in [0.2, 0.25) is 0 Å². The van der Waals surface area contributed by atoms with Gasteiger partial charge in [-0.05, 0) is 12.1 Å². The van der Waals surface area contributed by atoms with Crippen molar-refractivity contribution < 1.29 is 34.1 Å². The highest BCUT2D eigenvalue weighted by Crippen LogP contribution is 2.48. The van der Waals surface area contributed by atoms with Gasteiger partial charge in [-0.1, -0.05) is 6.07 Å². The van der Waals surface area contributed by atoms with E-state index in [1.807, 2.05) is 0 Å². The van der Waals surface area contributed by atoms with Gasteiger partial charge in [0.1, 0.15) is 11.8 Å². The van der Waals surface area contributed by atoms with Gasteiger partial charge in [0, 0.05) is 23.6 Å². The number of rotatable bonds is 7. The zero-order valence-electron chi connectivity index (χ0n) is 12.8. The quantitative estimate of drug-likeness (QED) is 0.565. The Balaban J connectivity index is 1.89. The molecule has 130 valence electrons.